The van der Waals surface area contributed by atoms with Crippen molar-refractivity contribution < 1.29 is 14.7 Å². The molecule has 1 atom stereocenters. The number of carbonyl (C=O) groups excluding carboxylic acids is 1. The van der Waals surface area contributed by atoms with Crippen LogP contribution < -0.4 is 10.6 Å². The molecule has 1 rings (SSSR count). The molecule has 0 aliphatic rings. The third-order valence-corrected chi connectivity index (χ3v) is 2.36. The van der Waals surface area contributed by atoms with Gasteiger partial charge in [0, 0.05) is 19.5 Å². The zero-order valence-corrected chi connectivity index (χ0v) is 9.64. The van der Waals surface area contributed by atoms with Crippen LogP contribution in [0.4, 0.5) is 4.79 Å². The zero-order chi connectivity index (χ0) is 12.7. The van der Waals surface area contributed by atoms with Crippen molar-refractivity contribution in [2.24, 2.45) is 0 Å². The average molecular weight is 236 g/mol. The van der Waals surface area contributed by atoms with Gasteiger partial charge in [0.05, 0.1) is 0 Å². The number of rotatable bonds is 5. The fourth-order valence-electron chi connectivity index (χ4n) is 1.57. The molecule has 0 spiro atoms. The van der Waals surface area contributed by atoms with Gasteiger partial charge in [-0.2, -0.15) is 0 Å². The van der Waals surface area contributed by atoms with Gasteiger partial charge < -0.3 is 15.7 Å². The highest BCUT2D eigenvalue weighted by Gasteiger charge is 2.15. The van der Waals surface area contributed by atoms with Gasteiger partial charge in [-0.15, -0.1) is 0 Å². The Kier molecular flexibility index (Phi) is 5.00. The first kappa shape index (κ1) is 13.0. The van der Waals surface area contributed by atoms with Crippen molar-refractivity contribution in [2.75, 3.05) is 7.05 Å². The smallest absolute Gasteiger partial charge is 0.404 e. The molecule has 1 aromatic carbocycles. The summed E-state index contributed by atoms with van der Waals surface area (Å²) < 4.78 is 0. The summed E-state index contributed by atoms with van der Waals surface area (Å²) in [5.74, 6) is -0.181. The summed E-state index contributed by atoms with van der Waals surface area (Å²) in [7, 11) is 1.53. The second-order valence-electron chi connectivity index (χ2n) is 3.71. The monoisotopic (exact) mass is 236 g/mol. The topological polar surface area (TPSA) is 78.4 Å². The van der Waals surface area contributed by atoms with Gasteiger partial charge in [0.15, 0.2) is 0 Å². The fourth-order valence-corrected chi connectivity index (χ4v) is 1.57. The molecule has 0 heterocycles. The lowest BCUT2D eigenvalue weighted by Gasteiger charge is -2.16. The Bertz CT molecular complexity index is 379. The highest BCUT2D eigenvalue weighted by molar-refractivity contribution is 5.77. The first-order valence-electron chi connectivity index (χ1n) is 5.35. The summed E-state index contributed by atoms with van der Waals surface area (Å²) in [5.41, 5.74) is 0.996. The predicted octanol–water partition coefficient (Wildman–Crippen LogP) is 1.00. The number of carbonyl (C=O) groups is 2. The highest BCUT2D eigenvalue weighted by atomic mass is 16.4. The molecule has 0 aliphatic carbocycles. The van der Waals surface area contributed by atoms with E-state index in [0.29, 0.717) is 6.42 Å². The summed E-state index contributed by atoms with van der Waals surface area (Å²) in [6.07, 6.45) is -0.479. The van der Waals surface area contributed by atoms with Crippen molar-refractivity contribution in [3.8, 4) is 0 Å². The van der Waals surface area contributed by atoms with Crippen molar-refractivity contribution in [1.29, 1.82) is 0 Å². The van der Waals surface area contributed by atoms with Crippen LogP contribution in [0.2, 0.25) is 0 Å². The lowest BCUT2D eigenvalue weighted by molar-refractivity contribution is -0.121. The standard InChI is InChI=1S/C12H16N2O3/c1-13-11(15)8-10(14-12(16)17)7-9-5-3-2-4-6-9/h2-6,10,14H,7-8H2,1H3,(H,13,15)(H,16,17)/t10-/m0/s1. The second-order valence-corrected chi connectivity index (χ2v) is 3.71. The van der Waals surface area contributed by atoms with Crippen molar-refractivity contribution in [1.82, 2.24) is 10.6 Å². The van der Waals surface area contributed by atoms with E-state index >= 15 is 0 Å². The quantitative estimate of drug-likeness (QED) is 0.713. The third-order valence-electron chi connectivity index (χ3n) is 2.36. The van der Waals surface area contributed by atoms with Gasteiger partial charge in [-0.05, 0) is 12.0 Å². The minimum absolute atomic E-state index is 0.137. The number of benzene rings is 1. The predicted molar refractivity (Wildman–Crippen MR) is 63.8 cm³/mol. The van der Waals surface area contributed by atoms with Crippen LogP contribution >= 0.6 is 0 Å². The minimum atomic E-state index is -1.12. The molecule has 0 aliphatic heterocycles. The van der Waals surface area contributed by atoms with E-state index in [-0.39, 0.29) is 12.3 Å². The average Bonchev–Trinajstić information content (AvgIpc) is 2.29. The second kappa shape index (κ2) is 6.52. The molecule has 0 aromatic heterocycles. The van der Waals surface area contributed by atoms with E-state index in [1.54, 1.807) is 0 Å². The van der Waals surface area contributed by atoms with E-state index < -0.39 is 12.1 Å². The normalized spacial score (nSPS) is 11.6. The maximum absolute atomic E-state index is 11.2. The Morgan fingerprint density at radius 1 is 1.29 bits per heavy atom. The lowest BCUT2D eigenvalue weighted by Crippen LogP contribution is -2.39. The van der Waals surface area contributed by atoms with Crippen LogP contribution in [0, 0.1) is 0 Å². The van der Waals surface area contributed by atoms with Gasteiger partial charge in [-0.3, -0.25) is 4.79 Å². The van der Waals surface area contributed by atoms with Gasteiger partial charge in [-0.1, -0.05) is 30.3 Å². The van der Waals surface area contributed by atoms with Crippen LogP contribution in [0.1, 0.15) is 12.0 Å². The molecule has 5 nitrogen and oxygen atoms in total. The Morgan fingerprint density at radius 2 is 1.94 bits per heavy atom. The molecule has 2 amide bonds. The minimum Gasteiger partial charge on any atom is -0.465 e. The first-order valence-corrected chi connectivity index (χ1v) is 5.35. The molecule has 0 bridgehead atoms. The Hall–Kier alpha value is -2.04. The van der Waals surface area contributed by atoms with Crippen LogP contribution in [0.3, 0.4) is 0 Å². The number of hydrogen-bond donors (Lipinski definition) is 3. The first-order chi connectivity index (χ1) is 8.11. The maximum atomic E-state index is 11.2. The molecule has 0 saturated heterocycles. The van der Waals surface area contributed by atoms with E-state index in [1.807, 2.05) is 30.3 Å². The summed E-state index contributed by atoms with van der Waals surface area (Å²) in [4.78, 5) is 21.9. The zero-order valence-electron chi connectivity index (χ0n) is 9.64. The van der Waals surface area contributed by atoms with Crippen LogP contribution in [0.15, 0.2) is 30.3 Å². The van der Waals surface area contributed by atoms with E-state index in [1.165, 1.54) is 7.05 Å². The molecular formula is C12H16N2O3. The Morgan fingerprint density at radius 3 is 2.47 bits per heavy atom. The molecule has 5 heteroatoms. The van der Waals surface area contributed by atoms with Crippen LogP contribution in [-0.4, -0.2) is 30.2 Å². The number of hydrogen-bond acceptors (Lipinski definition) is 2. The summed E-state index contributed by atoms with van der Waals surface area (Å²) in [6, 6.07) is 9.05. The molecule has 0 fully saturated rings. The third kappa shape index (κ3) is 5.01. The van der Waals surface area contributed by atoms with Gasteiger partial charge in [0.25, 0.3) is 0 Å². The van der Waals surface area contributed by atoms with Gasteiger partial charge in [-0.25, -0.2) is 4.79 Å². The largest absolute Gasteiger partial charge is 0.465 e. The summed E-state index contributed by atoms with van der Waals surface area (Å²) in [5, 5.41) is 13.5. The van der Waals surface area contributed by atoms with E-state index in [9.17, 15) is 9.59 Å². The molecule has 1 aromatic rings. The lowest BCUT2D eigenvalue weighted by atomic mass is 10.0. The van der Waals surface area contributed by atoms with Crippen LogP contribution in [0.5, 0.6) is 0 Å². The van der Waals surface area contributed by atoms with Crippen molar-refractivity contribution in [3.05, 3.63) is 35.9 Å². The molecular weight excluding hydrogens is 220 g/mol. The van der Waals surface area contributed by atoms with Crippen molar-refractivity contribution >= 4 is 12.0 Å². The highest BCUT2D eigenvalue weighted by Crippen LogP contribution is 2.05. The molecule has 0 unspecified atom stereocenters. The number of amides is 2. The van der Waals surface area contributed by atoms with Crippen LogP contribution in [0.25, 0.3) is 0 Å². The van der Waals surface area contributed by atoms with Gasteiger partial charge in [0.2, 0.25) is 5.91 Å². The van der Waals surface area contributed by atoms with Crippen molar-refractivity contribution in [2.45, 2.75) is 18.9 Å². The molecule has 17 heavy (non-hydrogen) atoms. The van der Waals surface area contributed by atoms with Gasteiger partial charge >= 0.3 is 6.09 Å². The van der Waals surface area contributed by atoms with Crippen LogP contribution in [-0.2, 0) is 11.2 Å². The fraction of sp³-hybridized carbons (Fsp3) is 0.333. The Labute approximate surface area is 99.8 Å². The van der Waals surface area contributed by atoms with E-state index in [4.69, 9.17) is 5.11 Å². The number of carboxylic acid groups (broad SMARTS) is 1. The molecule has 0 radical (unpaired) electrons. The van der Waals surface area contributed by atoms with Crippen molar-refractivity contribution in [3.63, 3.8) is 0 Å². The molecule has 3 N–H and O–H groups in total. The SMILES string of the molecule is CNC(=O)C[C@H](Cc1ccccc1)NC(=O)O. The number of nitrogens with one attached hydrogen (secondary N) is 2. The molecule has 92 valence electrons. The summed E-state index contributed by atoms with van der Waals surface area (Å²) in [6.45, 7) is 0. The van der Waals surface area contributed by atoms with E-state index in [2.05, 4.69) is 10.6 Å². The maximum Gasteiger partial charge on any atom is 0.404 e. The summed E-state index contributed by atoms with van der Waals surface area (Å²) >= 11 is 0. The van der Waals surface area contributed by atoms with E-state index in [0.717, 1.165) is 5.56 Å². The molecule has 0 saturated carbocycles. The van der Waals surface area contributed by atoms with Gasteiger partial charge in [0.1, 0.15) is 0 Å². The Balaban J connectivity index is 2.63.